The fraction of sp³-hybridized carbons (Fsp3) is 0.857. The number of carboxylic acids is 1. The first-order valence-electron chi connectivity index (χ1n) is 3.68. The van der Waals surface area contributed by atoms with Gasteiger partial charge in [0.2, 0.25) is 0 Å². The quantitative estimate of drug-likeness (QED) is 0.590. The highest BCUT2D eigenvalue weighted by Crippen LogP contribution is 2.13. The Labute approximate surface area is 60.4 Å². The molecule has 0 spiro atoms. The van der Waals surface area contributed by atoms with Crippen molar-refractivity contribution < 1.29 is 9.90 Å². The third-order valence-corrected chi connectivity index (χ3v) is 2.09. The lowest BCUT2D eigenvalue weighted by atomic mass is 10.0. The van der Waals surface area contributed by atoms with Crippen molar-refractivity contribution in [3.63, 3.8) is 0 Å². The average Bonchev–Trinajstić information content (AvgIpc) is 2.36. The first kappa shape index (κ1) is 7.54. The van der Waals surface area contributed by atoms with Crippen LogP contribution in [0.2, 0.25) is 0 Å². The van der Waals surface area contributed by atoms with Gasteiger partial charge in [0.1, 0.15) is 0 Å². The van der Waals surface area contributed by atoms with Gasteiger partial charge in [0.25, 0.3) is 0 Å². The van der Waals surface area contributed by atoms with Gasteiger partial charge >= 0.3 is 5.97 Å². The highest BCUT2D eigenvalue weighted by Gasteiger charge is 2.25. The van der Waals surface area contributed by atoms with E-state index in [9.17, 15) is 4.79 Å². The fourth-order valence-electron chi connectivity index (χ4n) is 1.31. The van der Waals surface area contributed by atoms with Crippen molar-refractivity contribution >= 4 is 5.97 Å². The normalized spacial score (nSPS) is 28.3. The van der Waals surface area contributed by atoms with Crippen LogP contribution in [0.1, 0.15) is 19.8 Å². The van der Waals surface area contributed by atoms with Gasteiger partial charge in [-0.05, 0) is 19.4 Å². The summed E-state index contributed by atoms with van der Waals surface area (Å²) in [4.78, 5) is 10.4. The SMILES string of the molecule is C[C@H](C(=O)O)C1CCCN1. The van der Waals surface area contributed by atoms with E-state index in [2.05, 4.69) is 5.32 Å². The van der Waals surface area contributed by atoms with Crippen LogP contribution in [0.15, 0.2) is 0 Å². The summed E-state index contributed by atoms with van der Waals surface area (Å²) in [5.41, 5.74) is 0. The third-order valence-electron chi connectivity index (χ3n) is 2.09. The maximum atomic E-state index is 10.4. The Balaban J connectivity index is 2.39. The number of hydrogen-bond donors (Lipinski definition) is 2. The summed E-state index contributed by atoms with van der Waals surface area (Å²) < 4.78 is 0. The minimum atomic E-state index is -0.695. The third kappa shape index (κ3) is 1.48. The van der Waals surface area contributed by atoms with Crippen LogP contribution in [0.4, 0.5) is 0 Å². The second-order valence-corrected chi connectivity index (χ2v) is 2.83. The zero-order valence-corrected chi connectivity index (χ0v) is 6.13. The summed E-state index contributed by atoms with van der Waals surface area (Å²) in [7, 11) is 0. The van der Waals surface area contributed by atoms with Gasteiger partial charge in [0.15, 0.2) is 0 Å². The predicted octanol–water partition coefficient (Wildman–Crippen LogP) is 0.459. The van der Waals surface area contributed by atoms with E-state index in [1.807, 2.05) is 0 Å². The average molecular weight is 143 g/mol. The Morgan fingerprint density at radius 1 is 1.80 bits per heavy atom. The van der Waals surface area contributed by atoms with E-state index in [0.29, 0.717) is 0 Å². The minimum absolute atomic E-state index is 0.206. The van der Waals surface area contributed by atoms with Crippen LogP contribution in [-0.2, 0) is 4.79 Å². The van der Waals surface area contributed by atoms with Crippen LogP contribution in [0.3, 0.4) is 0 Å². The van der Waals surface area contributed by atoms with E-state index in [-0.39, 0.29) is 12.0 Å². The van der Waals surface area contributed by atoms with Gasteiger partial charge in [-0.3, -0.25) is 4.79 Å². The minimum Gasteiger partial charge on any atom is -0.481 e. The molecular formula is C7H13NO2. The summed E-state index contributed by atoms with van der Waals surface area (Å²) in [5.74, 6) is -0.929. The monoisotopic (exact) mass is 143 g/mol. The number of nitrogens with one attached hydrogen (secondary N) is 1. The van der Waals surface area contributed by atoms with Crippen LogP contribution < -0.4 is 5.32 Å². The van der Waals surface area contributed by atoms with E-state index in [1.54, 1.807) is 6.92 Å². The zero-order valence-electron chi connectivity index (χ0n) is 6.13. The molecule has 3 heteroatoms. The van der Waals surface area contributed by atoms with E-state index < -0.39 is 5.97 Å². The maximum absolute atomic E-state index is 10.4. The van der Waals surface area contributed by atoms with E-state index in [0.717, 1.165) is 19.4 Å². The molecule has 1 rings (SSSR count). The number of carboxylic acid groups (broad SMARTS) is 1. The first-order valence-corrected chi connectivity index (χ1v) is 3.68. The summed E-state index contributed by atoms with van der Waals surface area (Å²) >= 11 is 0. The zero-order chi connectivity index (χ0) is 7.56. The topological polar surface area (TPSA) is 49.3 Å². The first-order chi connectivity index (χ1) is 4.72. The molecule has 10 heavy (non-hydrogen) atoms. The van der Waals surface area contributed by atoms with E-state index >= 15 is 0 Å². The van der Waals surface area contributed by atoms with Crippen molar-refractivity contribution in [2.24, 2.45) is 5.92 Å². The van der Waals surface area contributed by atoms with Crippen LogP contribution in [0, 0.1) is 5.92 Å². The lowest BCUT2D eigenvalue weighted by Gasteiger charge is -2.13. The van der Waals surface area contributed by atoms with Crippen LogP contribution >= 0.6 is 0 Å². The van der Waals surface area contributed by atoms with Crippen molar-refractivity contribution in [3.8, 4) is 0 Å². The van der Waals surface area contributed by atoms with Gasteiger partial charge in [0.05, 0.1) is 5.92 Å². The number of aliphatic carboxylic acids is 1. The van der Waals surface area contributed by atoms with Crippen LogP contribution in [0.5, 0.6) is 0 Å². The molecule has 58 valence electrons. The van der Waals surface area contributed by atoms with Gasteiger partial charge in [-0.2, -0.15) is 0 Å². The number of carbonyl (C=O) groups is 1. The lowest BCUT2D eigenvalue weighted by Crippen LogP contribution is -2.33. The van der Waals surface area contributed by atoms with Gasteiger partial charge in [-0.15, -0.1) is 0 Å². The van der Waals surface area contributed by atoms with E-state index in [4.69, 9.17) is 5.11 Å². The van der Waals surface area contributed by atoms with Crippen molar-refractivity contribution in [2.45, 2.75) is 25.8 Å². The molecule has 1 unspecified atom stereocenters. The van der Waals surface area contributed by atoms with Crippen LogP contribution in [-0.4, -0.2) is 23.7 Å². The molecule has 3 nitrogen and oxygen atoms in total. The lowest BCUT2D eigenvalue weighted by molar-refractivity contribution is -0.141. The molecule has 0 saturated carbocycles. The molecule has 0 aromatic rings. The van der Waals surface area contributed by atoms with Gasteiger partial charge < -0.3 is 10.4 Å². The largest absolute Gasteiger partial charge is 0.481 e. The smallest absolute Gasteiger partial charge is 0.307 e. The molecule has 0 amide bonds. The fourth-order valence-corrected chi connectivity index (χ4v) is 1.31. The second-order valence-electron chi connectivity index (χ2n) is 2.83. The highest BCUT2D eigenvalue weighted by atomic mass is 16.4. The molecule has 0 aromatic heterocycles. The van der Waals surface area contributed by atoms with Crippen LogP contribution in [0.25, 0.3) is 0 Å². The predicted molar refractivity (Wildman–Crippen MR) is 37.8 cm³/mol. The molecule has 0 radical (unpaired) electrons. The summed E-state index contributed by atoms with van der Waals surface area (Å²) in [5, 5.41) is 11.8. The number of rotatable bonds is 2. The van der Waals surface area contributed by atoms with Crippen molar-refractivity contribution in [1.29, 1.82) is 0 Å². The Morgan fingerprint density at radius 2 is 2.50 bits per heavy atom. The number of hydrogen-bond acceptors (Lipinski definition) is 2. The molecule has 2 atom stereocenters. The van der Waals surface area contributed by atoms with Crippen molar-refractivity contribution in [2.75, 3.05) is 6.54 Å². The Bertz CT molecular complexity index is 130. The molecule has 0 aromatic carbocycles. The summed E-state index contributed by atoms with van der Waals surface area (Å²) in [6, 6.07) is 0.206. The Kier molecular flexibility index (Phi) is 2.27. The molecule has 2 N–H and O–H groups in total. The van der Waals surface area contributed by atoms with Gasteiger partial charge in [-0.1, -0.05) is 6.92 Å². The summed E-state index contributed by atoms with van der Waals surface area (Å²) in [6.45, 7) is 2.73. The molecule has 1 aliphatic heterocycles. The molecule has 1 fully saturated rings. The van der Waals surface area contributed by atoms with Crippen molar-refractivity contribution in [1.82, 2.24) is 5.32 Å². The van der Waals surface area contributed by atoms with E-state index in [1.165, 1.54) is 0 Å². The summed E-state index contributed by atoms with van der Waals surface area (Å²) in [6.07, 6.45) is 2.12. The van der Waals surface area contributed by atoms with Gasteiger partial charge in [0, 0.05) is 6.04 Å². The molecule has 1 aliphatic rings. The molecular weight excluding hydrogens is 130 g/mol. The molecule has 0 bridgehead atoms. The Morgan fingerprint density at radius 3 is 2.90 bits per heavy atom. The molecule has 0 aliphatic carbocycles. The molecule has 1 heterocycles. The second kappa shape index (κ2) is 3.01. The Hall–Kier alpha value is -0.570. The molecule has 1 saturated heterocycles. The standard InChI is InChI=1S/C7H13NO2/c1-5(7(9)10)6-3-2-4-8-6/h5-6,8H,2-4H2,1H3,(H,9,10)/t5-,6?/m0/s1. The van der Waals surface area contributed by atoms with Gasteiger partial charge in [-0.25, -0.2) is 0 Å². The van der Waals surface area contributed by atoms with Crippen molar-refractivity contribution in [3.05, 3.63) is 0 Å². The maximum Gasteiger partial charge on any atom is 0.307 e. The highest BCUT2D eigenvalue weighted by molar-refractivity contribution is 5.70.